The van der Waals surface area contributed by atoms with Crippen molar-refractivity contribution in [1.29, 1.82) is 0 Å². The predicted molar refractivity (Wildman–Crippen MR) is 127 cm³/mol. The van der Waals surface area contributed by atoms with Crippen LogP contribution in [0.2, 0.25) is 0 Å². The van der Waals surface area contributed by atoms with E-state index in [1.54, 1.807) is 0 Å². The molecule has 0 radical (unpaired) electrons. The van der Waals surface area contributed by atoms with E-state index in [1.807, 2.05) is 101 Å². The summed E-state index contributed by atoms with van der Waals surface area (Å²) in [6.07, 6.45) is 1.81. The maximum Gasteiger partial charge on any atom is 0.162 e. The molecule has 5 heteroatoms. The standard InChI is InChI=1S/C21H15N5.2C2H6/c1-2-6-14(7-3-1)20-24-19-9-5-4-8-17(19)21(25-20)23-16-10-11-18-15(12-16)13-22-26-18;2*1-2/h1-13H,(H,22,26)(H,23,24,25);2*1-2H3. The lowest BCUT2D eigenvalue weighted by atomic mass is 10.1. The summed E-state index contributed by atoms with van der Waals surface area (Å²) in [7, 11) is 0. The van der Waals surface area contributed by atoms with Crippen LogP contribution in [0.3, 0.4) is 0 Å². The summed E-state index contributed by atoms with van der Waals surface area (Å²) in [5, 5.41) is 12.5. The highest BCUT2D eigenvalue weighted by Crippen LogP contribution is 2.28. The van der Waals surface area contributed by atoms with Gasteiger partial charge in [-0.3, -0.25) is 5.10 Å². The average Bonchev–Trinajstić information content (AvgIpc) is 3.30. The molecular formula is C25H27N5. The van der Waals surface area contributed by atoms with Gasteiger partial charge in [0.2, 0.25) is 0 Å². The van der Waals surface area contributed by atoms with Crippen molar-refractivity contribution in [1.82, 2.24) is 20.2 Å². The highest BCUT2D eigenvalue weighted by molar-refractivity contribution is 5.93. The second-order valence-corrected chi connectivity index (χ2v) is 6.08. The van der Waals surface area contributed by atoms with Crippen molar-refractivity contribution in [2.75, 3.05) is 5.32 Å². The van der Waals surface area contributed by atoms with E-state index in [0.29, 0.717) is 5.82 Å². The Kier molecular flexibility index (Phi) is 7.11. The van der Waals surface area contributed by atoms with E-state index in [2.05, 4.69) is 21.6 Å². The lowest BCUT2D eigenvalue weighted by molar-refractivity contribution is 1.12. The largest absolute Gasteiger partial charge is 0.340 e. The fourth-order valence-corrected chi connectivity index (χ4v) is 3.05. The lowest BCUT2D eigenvalue weighted by Gasteiger charge is -2.11. The molecule has 30 heavy (non-hydrogen) atoms. The van der Waals surface area contributed by atoms with Gasteiger partial charge in [0.25, 0.3) is 0 Å². The fraction of sp³-hybridized carbons (Fsp3) is 0.160. The number of aromatic nitrogens is 4. The molecule has 0 aliphatic carbocycles. The van der Waals surface area contributed by atoms with Crippen LogP contribution in [0.4, 0.5) is 11.5 Å². The Morgan fingerprint density at radius 1 is 0.767 bits per heavy atom. The molecule has 0 aliphatic heterocycles. The molecule has 152 valence electrons. The zero-order valence-corrected chi connectivity index (χ0v) is 17.8. The van der Waals surface area contributed by atoms with Crippen molar-refractivity contribution < 1.29 is 0 Å². The minimum absolute atomic E-state index is 0.705. The van der Waals surface area contributed by atoms with Crippen molar-refractivity contribution in [3.05, 3.63) is 79.0 Å². The van der Waals surface area contributed by atoms with E-state index in [-0.39, 0.29) is 0 Å². The fourth-order valence-electron chi connectivity index (χ4n) is 3.05. The number of nitrogens with zero attached hydrogens (tertiary/aromatic N) is 3. The monoisotopic (exact) mass is 397 g/mol. The van der Waals surface area contributed by atoms with Crippen LogP contribution in [-0.4, -0.2) is 20.2 Å². The zero-order valence-electron chi connectivity index (χ0n) is 17.8. The molecule has 2 heterocycles. The highest BCUT2D eigenvalue weighted by atomic mass is 15.1. The minimum atomic E-state index is 0.705. The van der Waals surface area contributed by atoms with Gasteiger partial charge in [0.15, 0.2) is 5.82 Å². The van der Waals surface area contributed by atoms with Crippen LogP contribution in [0, 0.1) is 0 Å². The van der Waals surface area contributed by atoms with Crippen molar-refractivity contribution in [2.24, 2.45) is 0 Å². The van der Waals surface area contributed by atoms with Crippen LogP contribution in [0.15, 0.2) is 79.0 Å². The third-order valence-corrected chi connectivity index (χ3v) is 4.34. The number of H-pyrrole nitrogens is 1. The van der Waals surface area contributed by atoms with Gasteiger partial charge in [-0.15, -0.1) is 0 Å². The number of fused-ring (bicyclic) bond motifs is 2. The molecule has 0 bridgehead atoms. The summed E-state index contributed by atoms with van der Waals surface area (Å²) in [6, 6.07) is 24.1. The molecule has 0 saturated heterocycles. The molecule has 0 saturated carbocycles. The number of anilines is 2. The molecule has 3 aromatic carbocycles. The Morgan fingerprint density at radius 3 is 2.30 bits per heavy atom. The SMILES string of the molecule is CC.CC.c1ccc(-c2nc(Nc3ccc4[nH]ncc4c3)c3ccccc3n2)cc1. The van der Waals surface area contributed by atoms with E-state index in [1.165, 1.54) is 0 Å². The molecule has 5 rings (SSSR count). The maximum absolute atomic E-state index is 4.79. The van der Waals surface area contributed by atoms with Gasteiger partial charge in [0.05, 0.1) is 17.2 Å². The predicted octanol–water partition coefficient (Wildman–Crippen LogP) is 6.97. The van der Waals surface area contributed by atoms with Crippen LogP contribution < -0.4 is 5.32 Å². The van der Waals surface area contributed by atoms with Gasteiger partial charge in [-0.05, 0) is 30.3 Å². The van der Waals surface area contributed by atoms with Crippen LogP contribution in [0.5, 0.6) is 0 Å². The molecule has 0 spiro atoms. The van der Waals surface area contributed by atoms with Crippen molar-refractivity contribution in [2.45, 2.75) is 27.7 Å². The average molecular weight is 398 g/mol. The molecule has 0 unspecified atom stereocenters. The topological polar surface area (TPSA) is 66.5 Å². The number of rotatable bonds is 3. The summed E-state index contributed by atoms with van der Waals surface area (Å²) in [4.78, 5) is 9.51. The Hall–Kier alpha value is -3.73. The van der Waals surface area contributed by atoms with Crippen molar-refractivity contribution >= 4 is 33.3 Å². The first-order valence-corrected chi connectivity index (χ1v) is 10.4. The van der Waals surface area contributed by atoms with Crippen LogP contribution in [-0.2, 0) is 0 Å². The van der Waals surface area contributed by atoms with Crippen LogP contribution in [0.1, 0.15) is 27.7 Å². The van der Waals surface area contributed by atoms with Crippen LogP contribution in [0.25, 0.3) is 33.2 Å². The Labute approximate surface area is 177 Å². The van der Waals surface area contributed by atoms with E-state index < -0.39 is 0 Å². The molecule has 2 N–H and O–H groups in total. The maximum atomic E-state index is 4.79. The minimum Gasteiger partial charge on any atom is -0.340 e. The lowest BCUT2D eigenvalue weighted by Crippen LogP contribution is -1.99. The third-order valence-electron chi connectivity index (χ3n) is 4.34. The molecule has 5 nitrogen and oxygen atoms in total. The molecule has 5 aromatic rings. The molecule has 0 amide bonds. The third kappa shape index (κ3) is 4.46. The van der Waals surface area contributed by atoms with Crippen molar-refractivity contribution in [3.8, 4) is 11.4 Å². The number of benzene rings is 3. The summed E-state index contributed by atoms with van der Waals surface area (Å²) >= 11 is 0. The summed E-state index contributed by atoms with van der Waals surface area (Å²) in [5.41, 5.74) is 3.87. The van der Waals surface area contributed by atoms with Gasteiger partial charge >= 0.3 is 0 Å². The van der Waals surface area contributed by atoms with Gasteiger partial charge in [-0.2, -0.15) is 5.10 Å². The van der Waals surface area contributed by atoms with Gasteiger partial charge < -0.3 is 5.32 Å². The van der Waals surface area contributed by atoms with Gasteiger partial charge in [0.1, 0.15) is 5.82 Å². The summed E-state index contributed by atoms with van der Waals surface area (Å²) in [5.74, 6) is 1.49. The number of hydrogen-bond donors (Lipinski definition) is 2. The van der Waals surface area contributed by atoms with Crippen molar-refractivity contribution in [3.63, 3.8) is 0 Å². The zero-order chi connectivity index (χ0) is 21.3. The summed E-state index contributed by atoms with van der Waals surface area (Å²) < 4.78 is 0. The van der Waals surface area contributed by atoms with Crippen LogP contribution >= 0.6 is 0 Å². The summed E-state index contributed by atoms with van der Waals surface area (Å²) in [6.45, 7) is 8.00. The van der Waals surface area contributed by atoms with Gasteiger partial charge in [-0.1, -0.05) is 70.2 Å². The molecular weight excluding hydrogens is 370 g/mol. The quantitative estimate of drug-likeness (QED) is 0.345. The van der Waals surface area contributed by atoms with E-state index >= 15 is 0 Å². The van der Waals surface area contributed by atoms with E-state index in [0.717, 1.165) is 38.9 Å². The normalized spacial score (nSPS) is 10.0. The van der Waals surface area contributed by atoms with Gasteiger partial charge in [0, 0.05) is 22.0 Å². The van der Waals surface area contributed by atoms with E-state index in [4.69, 9.17) is 9.97 Å². The number of hydrogen-bond acceptors (Lipinski definition) is 4. The molecule has 0 aliphatic rings. The first-order chi connectivity index (χ1) is 14.9. The Balaban J connectivity index is 0.000000606. The molecule has 0 atom stereocenters. The Bertz CT molecular complexity index is 1210. The molecule has 0 fully saturated rings. The Morgan fingerprint density at radius 2 is 1.50 bits per heavy atom. The second-order valence-electron chi connectivity index (χ2n) is 6.08. The van der Waals surface area contributed by atoms with Gasteiger partial charge in [-0.25, -0.2) is 9.97 Å². The smallest absolute Gasteiger partial charge is 0.162 e. The number of aromatic amines is 1. The first-order valence-electron chi connectivity index (χ1n) is 10.4. The van der Waals surface area contributed by atoms with E-state index in [9.17, 15) is 0 Å². The first kappa shape index (κ1) is 21.0. The molecule has 2 aromatic heterocycles. The number of nitrogens with one attached hydrogen (secondary N) is 2. The second kappa shape index (κ2) is 10.2. The highest BCUT2D eigenvalue weighted by Gasteiger charge is 2.10. The number of para-hydroxylation sites is 1.